The van der Waals surface area contributed by atoms with E-state index in [1.807, 2.05) is 18.2 Å². The van der Waals surface area contributed by atoms with Crippen molar-refractivity contribution in [3.8, 4) is 0 Å². The Labute approximate surface area is 175 Å². The summed E-state index contributed by atoms with van der Waals surface area (Å²) in [5.74, 6) is 0.655. The van der Waals surface area contributed by atoms with Crippen molar-refractivity contribution in [2.75, 3.05) is 13.7 Å². The molecule has 0 aliphatic heterocycles. The number of fused-ring (bicyclic) bond motifs is 2. The molecule has 0 amide bonds. The first kappa shape index (κ1) is 19.4. The van der Waals surface area contributed by atoms with Gasteiger partial charge in [0, 0.05) is 25.3 Å². The van der Waals surface area contributed by atoms with Gasteiger partial charge in [-0.15, -0.1) is 11.3 Å². The van der Waals surface area contributed by atoms with Gasteiger partial charge in [-0.25, -0.2) is 9.97 Å². The fourth-order valence-electron chi connectivity index (χ4n) is 2.96. The number of aromatic nitrogens is 3. The molecule has 144 valence electrons. The average molecular weight is 432 g/mol. The van der Waals surface area contributed by atoms with Gasteiger partial charge >= 0.3 is 0 Å². The number of hydrogen-bond acceptors (Lipinski definition) is 6. The van der Waals surface area contributed by atoms with Crippen molar-refractivity contribution >= 4 is 55.8 Å². The molecular weight excluding hydrogens is 414 g/mol. The second-order valence-corrected chi connectivity index (χ2v) is 8.72. The summed E-state index contributed by atoms with van der Waals surface area (Å²) >= 11 is 9.29. The standard InChI is InChI=1S/C20H18ClN3O2S2/c1-26-10-4-9-24-19(25)14-8-7-13(21)11-16(14)23-20(24)27-12-18-22-15-5-2-3-6-17(15)28-18/h2-3,5-8,11H,4,9-10,12H2,1H3. The first-order chi connectivity index (χ1) is 13.7. The smallest absolute Gasteiger partial charge is 0.262 e. The van der Waals surface area contributed by atoms with Crippen LogP contribution in [0.4, 0.5) is 0 Å². The second-order valence-electron chi connectivity index (χ2n) is 6.22. The summed E-state index contributed by atoms with van der Waals surface area (Å²) in [5.41, 5.74) is 1.57. The minimum absolute atomic E-state index is 0.0513. The van der Waals surface area contributed by atoms with Crippen molar-refractivity contribution in [2.24, 2.45) is 0 Å². The minimum atomic E-state index is -0.0513. The summed E-state index contributed by atoms with van der Waals surface area (Å²) in [5, 5.41) is 2.83. The molecule has 4 aromatic rings. The fraction of sp³-hybridized carbons (Fsp3) is 0.250. The Kier molecular flexibility index (Phi) is 5.96. The van der Waals surface area contributed by atoms with Crippen molar-refractivity contribution < 1.29 is 4.74 Å². The zero-order valence-electron chi connectivity index (χ0n) is 15.2. The quantitative estimate of drug-likeness (QED) is 0.234. The number of rotatable bonds is 7. The molecule has 2 aromatic heterocycles. The van der Waals surface area contributed by atoms with Crippen LogP contribution in [0.1, 0.15) is 11.4 Å². The molecule has 2 heterocycles. The van der Waals surface area contributed by atoms with Gasteiger partial charge < -0.3 is 4.74 Å². The number of thioether (sulfide) groups is 1. The predicted octanol–water partition coefficient (Wildman–Crippen LogP) is 4.99. The third kappa shape index (κ3) is 4.07. The van der Waals surface area contributed by atoms with E-state index in [-0.39, 0.29) is 5.56 Å². The van der Waals surface area contributed by atoms with Gasteiger partial charge in [0.15, 0.2) is 5.16 Å². The maximum Gasteiger partial charge on any atom is 0.262 e. The third-order valence-corrected chi connectivity index (χ3v) is 6.72. The van der Waals surface area contributed by atoms with E-state index in [4.69, 9.17) is 21.3 Å². The van der Waals surface area contributed by atoms with E-state index in [1.54, 1.807) is 41.2 Å². The Balaban J connectivity index is 1.68. The van der Waals surface area contributed by atoms with Crippen molar-refractivity contribution in [2.45, 2.75) is 23.9 Å². The molecule has 0 N–H and O–H groups in total. The van der Waals surface area contributed by atoms with Crippen LogP contribution in [-0.4, -0.2) is 28.3 Å². The molecule has 0 saturated heterocycles. The highest BCUT2D eigenvalue weighted by atomic mass is 35.5. The Morgan fingerprint density at radius 1 is 1.18 bits per heavy atom. The summed E-state index contributed by atoms with van der Waals surface area (Å²) in [7, 11) is 1.66. The van der Waals surface area contributed by atoms with Gasteiger partial charge in [-0.3, -0.25) is 9.36 Å². The monoisotopic (exact) mass is 431 g/mol. The van der Waals surface area contributed by atoms with E-state index in [9.17, 15) is 4.79 Å². The number of benzene rings is 2. The Morgan fingerprint density at radius 2 is 2.04 bits per heavy atom. The molecule has 0 spiro atoms. The van der Waals surface area contributed by atoms with Gasteiger partial charge in [-0.2, -0.15) is 0 Å². The zero-order chi connectivity index (χ0) is 19.5. The van der Waals surface area contributed by atoms with Gasteiger partial charge in [0.2, 0.25) is 0 Å². The number of ether oxygens (including phenoxy) is 1. The van der Waals surface area contributed by atoms with Crippen molar-refractivity contribution in [3.63, 3.8) is 0 Å². The van der Waals surface area contributed by atoms with Crippen LogP contribution in [0.15, 0.2) is 52.4 Å². The number of methoxy groups -OCH3 is 1. The number of nitrogens with zero attached hydrogens (tertiary/aromatic N) is 3. The summed E-state index contributed by atoms with van der Waals surface area (Å²) in [6.45, 7) is 1.15. The molecule has 0 bridgehead atoms. The van der Waals surface area contributed by atoms with Gasteiger partial charge in [-0.1, -0.05) is 35.5 Å². The normalized spacial score (nSPS) is 11.5. The van der Waals surface area contributed by atoms with E-state index in [0.29, 0.717) is 40.0 Å². The first-order valence-corrected chi connectivity index (χ1v) is 11.0. The van der Waals surface area contributed by atoms with Crippen LogP contribution in [-0.2, 0) is 17.0 Å². The maximum atomic E-state index is 13.0. The van der Waals surface area contributed by atoms with Crippen LogP contribution < -0.4 is 5.56 Å². The summed E-state index contributed by atoms with van der Waals surface area (Å²) < 4.78 is 8.03. The molecule has 5 nitrogen and oxygen atoms in total. The number of thiazole rings is 1. The lowest BCUT2D eigenvalue weighted by molar-refractivity contribution is 0.189. The largest absolute Gasteiger partial charge is 0.385 e. The first-order valence-electron chi connectivity index (χ1n) is 8.82. The highest BCUT2D eigenvalue weighted by Crippen LogP contribution is 2.28. The summed E-state index contributed by atoms with van der Waals surface area (Å²) in [6, 6.07) is 13.3. The minimum Gasteiger partial charge on any atom is -0.385 e. The molecule has 2 aromatic carbocycles. The molecule has 0 fully saturated rings. The van der Waals surface area contributed by atoms with Gasteiger partial charge in [0.1, 0.15) is 5.01 Å². The Hall–Kier alpha value is -1.93. The number of hydrogen-bond donors (Lipinski definition) is 0. The topological polar surface area (TPSA) is 57.0 Å². The van der Waals surface area contributed by atoms with E-state index in [1.165, 1.54) is 11.8 Å². The average Bonchev–Trinajstić information content (AvgIpc) is 3.11. The number of halogens is 1. The molecule has 0 aliphatic carbocycles. The van der Waals surface area contributed by atoms with E-state index < -0.39 is 0 Å². The zero-order valence-corrected chi connectivity index (χ0v) is 17.6. The SMILES string of the molecule is COCCCn1c(SCc2nc3ccccc3s2)nc2cc(Cl)ccc2c1=O. The molecule has 0 saturated carbocycles. The number of para-hydroxylation sites is 1. The van der Waals surface area contributed by atoms with Crippen molar-refractivity contribution in [1.82, 2.24) is 14.5 Å². The Morgan fingerprint density at radius 3 is 2.86 bits per heavy atom. The van der Waals surface area contributed by atoms with Crippen LogP contribution in [0.3, 0.4) is 0 Å². The van der Waals surface area contributed by atoms with Crippen LogP contribution in [0.5, 0.6) is 0 Å². The summed E-state index contributed by atoms with van der Waals surface area (Å²) in [4.78, 5) is 22.4. The van der Waals surface area contributed by atoms with Crippen LogP contribution in [0.25, 0.3) is 21.1 Å². The van der Waals surface area contributed by atoms with Crippen LogP contribution in [0.2, 0.25) is 5.02 Å². The fourth-order valence-corrected chi connectivity index (χ4v) is 5.11. The molecule has 0 radical (unpaired) electrons. The highest BCUT2D eigenvalue weighted by molar-refractivity contribution is 7.98. The molecule has 28 heavy (non-hydrogen) atoms. The van der Waals surface area contributed by atoms with Crippen molar-refractivity contribution in [1.29, 1.82) is 0 Å². The molecule has 0 atom stereocenters. The summed E-state index contributed by atoms with van der Waals surface area (Å²) in [6.07, 6.45) is 0.742. The lowest BCUT2D eigenvalue weighted by Crippen LogP contribution is -2.24. The lowest BCUT2D eigenvalue weighted by Gasteiger charge is -2.12. The molecule has 4 rings (SSSR count). The van der Waals surface area contributed by atoms with Gasteiger partial charge in [-0.05, 0) is 36.8 Å². The van der Waals surface area contributed by atoms with Crippen LogP contribution in [0, 0.1) is 0 Å². The van der Waals surface area contributed by atoms with Gasteiger partial charge in [0.25, 0.3) is 5.56 Å². The molecular formula is C20H18ClN3O2S2. The predicted molar refractivity (Wildman–Crippen MR) is 117 cm³/mol. The van der Waals surface area contributed by atoms with E-state index >= 15 is 0 Å². The maximum absolute atomic E-state index is 13.0. The third-order valence-electron chi connectivity index (χ3n) is 4.28. The van der Waals surface area contributed by atoms with Gasteiger partial charge in [0.05, 0.1) is 26.9 Å². The lowest BCUT2D eigenvalue weighted by atomic mass is 10.2. The van der Waals surface area contributed by atoms with E-state index in [2.05, 4.69) is 11.1 Å². The highest BCUT2D eigenvalue weighted by Gasteiger charge is 2.13. The van der Waals surface area contributed by atoms with Crippen molar-refractivity contribution in [3.05, 3.63) is 62.8 Å². The van der Waals surface area contributed by atoms with Crippen LogP contribution >= 0.6 is 34.7 Å². The molecule has 0 unspecified atom stereocenters. The molecule has 8 heteroatoms. The van der Waals surface area contributed by atoms with E-state index in [0.717, 1.165) is 21.6 Å². The second kappa shape index (κ2) is 8.61. The Bertz CT molecular complexity index is 1160. The molecule has 0 aliphatic rings.